The molecular formula is C16H22F2N2O. The summed E-state index contributed by atoms with van der Waals surface area (Å²) in [6.07, 6.45) is 5.35. The molecule has 1 aromatic carbocycles. The molecule has 1 aliphatic rings. The first kappa shape index (κ1) is 15.9. The minimum Gasteiger partial charge on any atom is -0.355 e. The molecule has 0 aromatic heterocycles. The van der Waals surface area contributed by atoms with Gasteiger partial charge in [0.15, 0.2) is 11.6 Å². The van der Waals surface area contributed by atoms with Crippen LogP contribution in [0.2, 0.25) is 0 Å². The number of benzene rings is 1. The normalized spacial score (nSPS) is 17.5. The van der Waals surface area contributed by atoms with Crippen molar-refractivity contribution in [3.05, 3.63) is 35.4 Å². The summed E-state index contributed by atoms with van der Waals surface area (Å²) in [5.41, 5.74) is 5.91. The third-order valence-corrected chi connectivity index (χ3v) is 4.39. The smallest absolute Gasteiger partial charge is 0.224 e. The van der Waals surface area contributed by atoms with Crippen LogP contribution in [0.4, 0.5) is 8.78 Å². The minimum absolute atomic E-state index is 0.0333. The zero-order valence-electron chi connectivity index (χ0n) is 12.1. The minimum atomic E-state index is -0.946. The van der Waals surface area contributed by atoms with Crippen LogP contribution in [0.1, 0.15) is 37.7 Å². The Labute approximate surface area is 123 Å². The summed E-state index contributed by atoms with van der Waals surface area (Å²) in [5, 5.41) is 2.83. The van der Waals surface area contributed by atoms with Crippen LogP contribution in [0, 0.1) is 17.0 Å². The molecule has 0 radical (unpaired) electrons. The summed E-state index contributed by atoms with van der Waals surface area (Å²) in [6, 6.07) is 3.88. The van der Waals surface area contributed by atoms with Crippen molar-refractivity contribution in [1.82, 2.24) is 5.32 Å². The van der Waals surface area contributed by atoms with E-state index in [4.69, 9.17) is 5.73 Å². The van der Waals surface area contributed by atoms with Crippen LogP contribution in [-0.4, -0.2) is 19.0 Å². The van der Waals surface area contributed by atoms with E-state index in [1.807, 2.05) is 0 Å². The molecule has 3 N–H and O–H groups in total. The molecule has 1 fully saturated rings. The van der Waals surface area contributed by atoms with Gasteiger partial charge < -0.3 is 11.1 Å². The van der Waals surface area contributed by atoms with E-state index in [1.165, 1.54) is 18.6 Å². The summed E-state index contributed by atoms with van der Waals surface area (Å²) in [4.78, 5) is 11.9. The molecule has 116 valence electrons. The average molecular weight is 296 g/mol. The molecule has 0 saturated heterocycles. The Morgan fingerprint density at radius 1 is 1.24 bits per heavy atom. The van der Waals surface area contributed by atoms with Crippen molar-refractivity contribution in [2.45, 2.75) is 38.5 Å². The van der Waals surface area contributed by atoms with Gasteiger partial charge in [0.1, 0.15) is 0 Å². The Morgan fingerprint density at radius 2 is 1.95 bits per heavy atom. The summed E-state index contributed by atoms with van der Waals surface area (Å²) >= 11 is 0. The third kappa shape index (κ3) is 4.00. The Kier molecular flexibility index (Phi) is 5.28. The van der Waals surface area contributed by atoms with Gasteiger partial charge in [-0.2, -0.15) is 0 Å². The first-order valence-corrected chi connectivity index (χ1v) is 7.46. The van der Waals surface area contributed by atoms with Crippen molar-refractivity contribution in [3.8, 4) is 0 Å². The molecule has 1 saturated carbocycles. The van der Waals surface area contributed by atoms with E-state index in [9.17, 15) is 13.6 Å². The maximum atomic E-state index is 13.5. The van der Waals surface area contributed by atoms with Crippen LogP contribution >= 0.6 is 0 Å². The van der Waals surface area contributed by atoms with E-state index in [0.29, 0.717) is 13.1 Å². The molecule has 1 aliphatic carbocycles. The van der Waals surface area contributed by atoms with E-state index in [2.05, 4.69) is 5.32 Å². The molecule has 0 heterocycles. The molecule has 0 aliphatic heterocycles. The third-order valence-electron chi connectivity index (χ3n) is 4.39. The number of halogens is 2. The van der Waals surface area contributed by atoms with E-state index in [1.54, 1.807) is 0 Å². The van der Waals surface area contributed by atoms with E-state index in [0.717, 1.165) is 31.7 Å². The second-order valence-electron chi connectivity index (χ2n) is 5.93. The first-order chi connectivity index (χ1) is 10.1. The Balaban J connectivity index is 1.91. The summed E-state index contributed by atoms with van der Waals surface area (Å²) in [5.74, 6) is -2.16. The fraction of sp³-hybridized carbons (Fsp3) is 0.562. The highest BCUT2D eigenvalue weighted by molar-refractivity contribution is 5.78. The molecule has 1 amide bonds. The van der Waals surface area contributed by atoms with E-state index in [-0.39, 0.29) is 23.3 Å². The molecule has 0 atom stereocenters. The van der Waals surface area contributed by atoms with Gasteiger partial charge in [-0.15, -0.1) is 0 Å². The highest BCUT2D eigenvalue weighted by atomic mass is 19.2. The largest absolute Gasteiger partial charge is 0.355 e. The van der Waals surface area contributed by atoms with Crippen LogP contribution in [0.25, 0.3) is 0 Å². The lowest BCUT2D eigenvalue weighted by atomic mass is 9.74. The molecule has 2 rings (SSSR count). The van der Waals surface area contributed by atoms with Gasteiger partial charge in [0, 0.05) is 12.1 Å². The molecule has 0 bridgehead atoms. The SMILES string of the molecule is NCC1(CNC(=O)Cc2cccc(F)c2F)CCCCC1. The van der Waals surface area contributed by atoms with Crippen molar-refractivity contribution < 1.29 is 13.6 Å². The zero-order valence-corrected chi connectivity index (χ0v) is 12.1. The second-order valence-corrected chi connectivity index (χ2v) is 5.93. The number of nitrogens with two attached hydrogens (primary N) is 1. The van der Waals surface area contributed by atoms with E-state index >= 15 is 0 Å². The lowest BCUT2D eigenvalue weighted by Gasteiger charge is -2.36. The van der Waals surface area contributed by atoms with Gasteiger partial charge in [-0.1, -0.05) is 31.4 Å². The molecular weight excluding hydrogens is 274 g/mol. The summed E-state index contributed by atoms with van der Waals surface area (Å²) in [7, 11) is 0. The maximum absolute atomic E-state index is 13.5. The van der Waals surface area contributed by atoms with Crippen molar-refractivity contribution in [1.29, 1.82) is 0 Å². The number of hydrogen-bond donors (Lipinski definition) is 2. The highest BCUT2D eigenvalue weighted by Crippen LogP contribution is 2.34. The van der Waals surface area contributed by atoms with Gasteiger partial charge in [-0.3, -0.25) is 4.79 Å². The van der Waals surface area contributed by atoms with Gasteiger partial charge in [-0.25, -0.2) is 8.78 Å². The molecule has 5 heteroatoms. The number of carbonyl (C=O) groups is 1. The second kappa shape index (κ2) is 6.98. The summed E-state index contributed by atoms with van der Waals surface area (Å²) < 4.78 is 26.6. The van der Waals surface area contributed by atoms with Crippen LogP contribution < -0.4 is 11.1 Å². The Hall–Kier alpha value is -1.49. The molecule has 0 spiro atoms. The van der Waals surface area contributed by atoms with Crippen molar-refractivity contribution >= 4 is 5.91 Å². The number of rotatable bonds is 5. The zero-order chi connectivity index (χ0) is 15.3. The molecule has 3 nitrogen and oxygen atoms in total. The van der Waals surface area contributed by atoms with Crippen LogP contribution in [0.15, 0.2) is 18.2 Å². The quantitative estimate of drug-likeness (QED) is 0.877. The average Bonchev–Trinajstić information content (AvgIpc) is 2.51. The lowest BCUT2D eigenvalue weighted by Crippen LogP contribution is -2.44. The van der Waals surface area contributed by atoms with Crippen LogP contribution in [-0.2, 0) is 11.2 Å². The predicted molar refractivity (Wildman–Crippen MR) is 77.6 cm³/mol. The van der Waals surface area contributed by atoms with Gasteiger partial charge >= 0.3 is 0 Å². The molecule has 21 heavy (non-hydrogen) atoms. The Bertz CT molecular complexity index is 499. The standard InChI is InChI=1S/C16H22F2N2O/c17-13-6-4-5-12(15(13)18)9-14(21)20-11-16(10-19)7-2-1-3-8-16/h4-6H,1-3,7-11,19H2,(H,20,21). The monoisotopic (exact) mass is 296 g/mol. The van der Waals surface area contributed by atoms with Gasteiger partial charge in [-0.05, 0) is 30.9 Å². The number of nitrogens with one attached hydrogen (secondary N) is 1. The summed E-state index contributed by atoms with van der Waals surface area (Å²) in [6.45, 7) is 1.06. The Morgan fingerprint density at radius 3 is 2.62 bits per heavy atom. The first-order valence-electron chi connectivity index (χ1n) is 7.46. The maximum Gasteiger partial charge on any atom is 0.224 e. The van der Waals surface area contributed by atoms with Crippen LogP contribution in [0.5, 0.6) is 0 Å². The highest BCUT2D eigenvalue weighted by Gasteiger charge is 2.30. The predicted octanol–water partition coefficient (Wildman–Crippen LogP) is 2.53. The lowest BCUT2D eigenvalue weighted by molar-refractivity contribution is -0.121. The van der Waals surface area contributed by atoms with Crippen LogP contribution in [0.3, 0.4) is 0 Å². The number of carbonyl (C=O) groups excluding carboxylic acids is 1. The topological polar surface area (TPSA) is 55.1 Å². The van der Waals surface area contributed by atoms with Gasteiger partial charge in [0.2, 0.25) is 5.91 Å². The van der Waals surface area contributed by atoms with Crippen molar-refractivity contribution in [3.63, 3.8) is 0 Å². The number of hydrogen-bond acceptors (Lipinski definition) is 2. The molecule has 0 unspecified atom stereocenters. The van der Waals surface area contributed by atoms with E-state index < -0.39 is 11.6 Å². The molecule has 1 aromatic rings. The fourth-order valence-electron chi connectivity index (χ4n) is 2.96. The number of amides is 1. The van der Waals surface area contributed by atoms with Gasteiger partial charge in [0.25, 0.3) is 0 Å². The van der Waals surface area contributed by atoms with Gasteiger partial charge in [0.05, 0.1) is 6.42 Å². The van der Waals surface area contributed by atoms with Crippen molar-refractivity contribution in [2.24, 2.45) is 11.1 Å². The van der Waals surface area contributed by atoms with Crippen molar-refractivity contribution in [2.75, 3.05) is 13.1 Å². The fourth-order valence-corrected chi connectivity index (χ4v) is 2.96.